The average molecular weight is 418 g/mol. The summed E-state index contributed by atoms with van der Waals surface area (Å²) >= 11 is 0. The van der Waals surface area contributed by atoms with Crippen LogP contribution < -0.4 is 10.2 Å². The van der Waals surface area contributed by atoms with Crippen molar-refractivity contribution < 1.29 is 4.39 Å². The Morgan fingerprint density at radius 2 is 1.77 bits per heavy atom. The topological polar surface area (TPSA) is 30.9 Å². The first-order chi connectivity index (χ1) is 10.2. The molecular formula is C16H24FIN4. The van der Waals surface area contributed by atoms with Crippen molar-refractivity contribution in [1.29, 1.82) is 0 Å². The second-order valence-corrected chi connectivity index (χ2v) is 5.96. The van der Waals surface area contributed by atoms with Gasteiger partial charge in [-0.15, -0.1) is 24.0 Å². The van der Waals surface area contributed by atoms with Crippen molar-refractivity contribution in [2.45, 2.75) is 19.4 Å². The number of halogens is 2. The number of hydrogen-bond acceptors (Lipinski definition) is 2. The van der Waals surface area contributed by atoms with Crippen molar-refractivity contribution >= 4 is 35.6 Å². The Bertz CT molecular complexity index is 511. The molecule has 2 aliphatic rings. The number of aliphatic imine (C=N–C) groups is 1. The van der Waals surface area contributed by atoms with E-state index in [0.29, 0.717) is 6.04 Å². The number of hydrogen-bond donors (Lipinski definition) is 1. The zero-order valence-corrected chi connectivity index (χ0v) is 15.5. The summed E-state index contributed by atoms with van der Waals surface area (Å²) in [5.74, 6) is 1.60. The van der Waals surface area contributed by atoms with Crippen LogP contribution in [0.2, 0.25) is 0 Å². The average Bonchev–Trinajstić information content (AvgIpc) is 3.21. The predicted octanol–water partition coefficient (Wildman–Crippen LogP) is 2.55. The molecule has 1 N–H and O–H groups in total. The lowest BCUT2D eigenvalue weighted by atomic mass is 10.2. The van der Waals surface area contributed by atoms with Crippen molar-refractivity contribution in [2.75, 3.05) is 38.1 Å². The molecule has 0 bridgehead atoms. The van der Waals surface area contributed by atoms with Gasteiger partial charge in [-0.3, -0.25) is 4.99 Å². The van der Waals surface area contributed by atoms with E-state index in [1.54, 1.807) is 0 Å². The van der Waals surface area contributed by atoms with Crippen molar-refractivity contribution in [3.8, 4) is 0 Å². The third-order valence-corrected chi connectivity index (χ3v) is 4.41. The summed E-state index contributed by atoms with van der Waals surface area (Å²) < 4.78 is 13.0. The van der Waals surface area contributed by atoms with E-state index in [1.807, 2.05) is 19.2 Å². The predicted molar refractivity (Wildman–Crippen MR) is 99.7 cm³/mol. The van der Waals surface area contributed by atoms with Gasteiger partial charge in [-0.2, -0.15) is 0 Å². The van der Waals surface area contributed by atoms with Gasteiger partial charge >= 0.3 is 0 Å². The molecule has 122 valence electrons. The Morgan fingerprint density at radius 3 is 2.27 bits per heavy atom. The van der Waals surface area contributed by atoms with Gasteiger partial charge in [-0.05, 0) is 36.6 Å². The Morgan fingerprint density at radius 1 is 1.18 bits per heavy atom. The summed E-state index contributed by atoms with van der Waals surface area (Å²) in [6.07, 6.45) is 1.24. The van der Waals surface area contributed by atoms with Gasteiger partial charge in [0.15, 0.2) is 5.96 Å². The van der Waals surface area contributed by atoms with Crippen molar-refractivity contribution in [2.24, 2.45) is 10.9 Å². The summed E-state index contributed by atoms with van der Waals surface area (Å²) in [5, 5.41) is 3.53. The summed E-state index contributed by atoms with van der Waals surface area (Å²) in [6.45, 7) is 6.02. The number of piperazine rings is 1. The summed E-state index contributed by atoms with van der Waals surface area (Å²) in [4.78, 5) is 9.00. The molecule has 1 saturated heterocycles. The van der Waals surface area contributed by atoms with Gasteiger partial charge in [0.2, 0.25) is 0 Å². The molecule has 0 radical (unpaired) electrons. The van der Waals surface area contributed by atoms with Crippen LogP contribution in [0.3, 0.4) is 0 Å². The van der Waals surface area contributed by atoms with Gasteiger partial charge in [-0.25, -0.2) is 4.39 Å². The molecule has 22 heavy (non-hydrogen) atoms. The van der Waals surface area contributed by atoms with Crippen LogP contribution in [-0.2, 0) is 0 Å². The Hall–Kier alpha value is -1.05. The van der Waals surface area contributed by atoms with E-state index in [2.05, 4.69) is 27.0 Å². The normalized spacial score (nSPS) is 24.8. The molecule has 3 rings (SSSR count). The Balaban J connectivity index is 0.00000176. The lowest BCUT2D eigenvalue weighted by Crippen LogP contribution is -2.53. The van der Waals surface area contributed by atoms with Crippen LogP contribution in [0.15, 0.2) is 29.3 Å². The van der Waals surface area contributed by atoms with E-state index in [4.69, 9.17) is 0 Å². The Labute approximate surface area is 148 Å². The van der Waals surface area contributed by atoms with Crippen molar-refractivity contribution in [3.63, 3.8) is 0 Å². The van der Waals surface area contributed by atoms with Crippen LogP contribution in [0.5, 0.6) is 0 Å². The first kappa shape index (κ1) is 17.3. The van der Waals surface area contributed by atoms with Crippen molar-refractivity contribution in [3.05, 3.63) is 30.1 Å². The number of anilines is 1. The van der Waals surface area contributed by atoms with E-state index >= 15 is 0 Å². The second kappa shape index (κ2) is 7.48. The lowest BCUT2D eigenvalue weighted by molar-refractivity contribution is 0.371. The smallest absolute Gasteiger partial charge is 0.193 e. The molecule has 0 spiro atoms. The van der Waals surface area contributed by atoms with E-state index in [0.717, 1.165) is 43.7 Å². The molecule has 1 saturated carbocycles. The molecule has 1 aromatic carbocycles. The summed E-state index contributed by atoms with van der Waals surface area (Å²) in [7, 11) is 1.85. The lowest BCUT2D eigenvalue weighted by Gasteiger charge is -2.37. The van der Waals surface area contributed by atoms with Gasteiger partial charge in [-0.1, -0.05) is 6.92 Å². The number of benzene rings is 1. The maximum atomic E-state index is 13.0. The molecule has 1 aromatic rings. The molecule has 1 heterocycles. The second-order valence-electron chi connectivity index (χ2n) is 5.96. The first-order valence-corrected chi connectivity index (χ1v) is 7.66. The molecule has 1 aliphatic heterocycles. The SMILES string of the molecule is CN=C(NC1CC1C)N1CCN(c2ccc(F)cc2)CC1.I. The standard InChI is InChI=1S/C16H23FN4.HI/c1-12-11-15(12)19-16(18-2)21-9-7-20(8-10-21)14-5-3-13(17)4-6-14;/h3-6,12,15H,7-11H2,1-2H3,(H,18,19);1H. The number of rotatable bonds is 2. The summed E-state index contributed by atoms with van der Waals surface area (Å²) in [6, 6.07) is 7.35. The molecule has 1 aliphatic carbocycles. The third kappa shape index (κ3) is 4.02. The highest BCUT2D eigenvalue weighted by Gasteiger charge is 2.34. The van der Waals surface area contributed by atoms with Crippen LogP contribution in [0, 0.1) is 11.7 Å². The first-order valence-electron chi connectivity index (χ1n) is 7.66. The molecule has 2 atom stereocenters. The zero-order chi connectivity index (χ0) is 14.8. The third-order valence-electron chi connectivity index (χ3n) is 4.41. The van der Waals surface area contributed by atoms with E-state index < -0.39 is 0 Å². The van der Waals surface area contributed by atoms with Crippen LogP contribution in [0.4, 0.5) is 10.1 Å². The van der Waals surface area contributed by atoms with E-state index in [1.165, 1.54) is 18.6 Å². The quantitative estimate of drug-likeness (QED) is 0.455. The molecule has 2 fully saturated rings. The fourth-order valence-corrected chi connectivity index (χ4v) is 2.81. The number of nitrogens with zero attached hydrogens (tertiary/aromatic N) is 3. The van der Waals surface area contributed by atoms with Crippen LogP contribution in [0.25, 0.3) is 0 Å². The largest absolute Gasteiger partial charge is 0.368 e. The fourth-order valence-electron chi connectivity index (χ4n) is 2.81. The van der Waals surface area contributed by atoms with Gasteiger partial charge in [0.25, 0.3) is 0 Å². The molecule has 6 heteroatoms. The Kier molecular flexibility index (Phi) is 5.88. The number of guanidine groups is 1. The summed E-state index contributed by atoms with van der Waals surface area (Å²) in [5.41, 5.74) is 1.09. The number of nitrogens with one attached hydrogen (secondary N) is 1. The van der Waals surface area contributed by atoms with Crippen LogP contribution >= 0.6 is 24.0 Å². The molecule has 0 aromatic heterocycles. The minimum absolute atomic E-state index is 0. The van der Waals surface area contributed by atoms with E-state index in [-0.39, 0.29) is 29.8 Å². The molecular weight excluding hydrogens is 394 g/mol. The van der Waals surface area contributed by atoms with E-state index in [9.17, 15) is 4.39 Å². The highest BCUT2D eigenvalue weighted by atomic mass is 127. The zero-order valence-electron chi connectivity index (χ0n) is 13.1. The maximum absolute atomic E-state index is 13.0. The van der Waals surface area contributed by atoms with Gasteiger partial charge in [0.05, 0.1) is 0 Å². The monoisotopic (exact) mass is 418 g/mol. The van der Waals surface area contributed by atoms with Crippen LogP contribution in [0.1, 0.15) is 13.3 Å². The van der Waals surface area contributed by atoms with Crippen LogP contribution in [-0.4, -0.2) is 50.1 Å². The highest BCUT2D eigenvalue weighted by molar-refractivity contribution is 14.0. The van der Waals surface area contributed by atoms with Gasteiger partial charge in [0, 0.05) is 45.0 Å². The van der Waals surface area contributed by atoms with Crippen molar-refractivity contribution in [1.82, 2.24) is 10.2 Å². The minimum Gasteiger partial charge on any atom is -0.368 e. The minimum atomic E-state index is -0.180. The fraction of sp³-hybridized carbons (Fsp3) is 0.562. The molecule has 2 unspecified atom stereocenters. The van der Waals surface area contributed by atoms with Gasteiger partial charge in [0.1, 0.15) is 5.82 Å². The molecule has 0 amide bonds. The molecule has 4 nitrogen and oxygen atoms in total. The van der Waals surface area contributed by atoms with Gasteiger partial charge < -0.3 is 15.1 Å². The maximum Gasteiger partial charge on any atom is 0.193 e. The highest BCUT2D eigenvalue weighted by Crippen LogP contribution is 2.29.